The van der Waals surface area contributed by atoms with Crippen LogP contribution in [0.3, 0.4) is 0 Å². The number of hydrogen-bond donors (Lipinski definition) is 0. The molecule has 0 saturated carbocycles. The minimum Gasteiger partial charge on any atom is -0.465 e. The highest BCUT2D eigenvalue weighted by Crippen LogP contribution is 2.33. The Hall–Kier alpha value is -1.39. The molecule has 9 heteroatoms. The monoisotopic (exact) mass is 358 g/mol. The van der Waals surface area contributed by atoms with Crippen LogP contribution in [0, 0.1) is 13.7 Å². The lowest BCUT2D eigenvalue weighted by Crippen LogP contribution is -2.12. The number of alkyl halides is 2. The number of nitro groups is 1. The van der Waals surface area contributed by atoms with E-state index in [2.05, 4.69) is 9.72 Å². The molecule has 0 fully saturated rings. The van der Waals surface area contributed by atoms with Crippen molar-refractivity contribution in [2.75, 3.05) is 7.11 Å². The summed E-state index contributed by atoms with van der Waals surface area (Å²) >= 11 is 1.58. The second-order valence-electron chi connectivity index (χ2n) is 2.77. The molecule has 0 amide bonds. The number of esters is 1. The zero-order chi connectivity index (χ0) is 13.2. The minimum absolute atomic E-state index is 0.0651. The van der Waals surface area contributed by atoms with Crippen LogP contribution in [0.4, 0.5) is 14.6 Å². The summed E-state index contributed by atoms with van der Waals surface area (Å²) in [4.78, 5) is 24.1. The Kier molecular flexibility index (Phi) is 4.26. The van der Waals surface area contributed by atoms with E-state index in [9.17, 15) is 23.7 Å². The van der Waals surface area contributed by atoms with Gasteiger partial charge in [-0.1, -0.05) is 0 Å². The van der Waals surface area contributed by atoms with Gasteiger partial charge < -0.3 is 14.9 Å². The average Bonchev–Trinajstić information content (AvgIpc) is 2.26. The molecule has 0 aliphatic rings. The zero-order valence-electron chi connectivity index (χ0n) is 8.32. The van der Waals surface area contributed by atoms with Gasteiger partial charge in [0.05, 0.1) is 16.2 Å². The summed E-state index contributed by atoms with van der Waals surface area (Å²) in [5.41, 5.74) is -1.54. The molecule has 1 rings (SSSR count). The lowest BCUT2D eigenvalue weighted by molar-refractivity contribution is -0.391. The van der Waals surface area contributed by atoms with Crippen molar-refractivity contribution in [2.45, 2.75) is 6.43 Å². The van der Waals surface area contributed by atoms with Crippen molar-refractivity contribution >= 4 is 34.4 Å². The van der Waals surface area contributed by atoms with Gasteiger partial charge in [-0.05, 0) is 32.5 Å². The maximum atomic E-state index is 12.8. The number of nitrogens with zero attached hydrogens (tertiary/aromatic N) is 2. The van der Waals surface area contributed by atoms with Crippen molar-refractivity contribution in [3.05, 3.63) is 31.0 Å². The molecule has 6 nitrogen and oxygen atoms in total. The molecule has 17 heavy (non-hydrogen) atoms. The normalized spacial score (nSPS) is 10.4. The van der Waals surface area contributed by atoms with E-state index >= 15 is 0 Å². The number of pyridine rings is 1. The zero-order valence-corrected chi connectivity index (χ0v) is 10.5. The number of hydrogen-bond acceptors (Lipinski definition) is 5. The topological polar surface area (TPSA) is 82.3 Å². The first-order valence-electron chi connectivity index (χ1n) is 4.09. The van der Waals surface area contributed by atoms with Gasteiger partial charge >= 0.3 is 11.8 Å². The molecule has 0 aliphatic carbocycles. The third kappa shape index (κ3) is 2.65. The van der Waals surface area contributed by atoms with E-state index < -0.39 is 34.3 Å². The van der Waals surface area contributed by atoms with Crippen molar-refractivity contribution in [1.82, 2.24) is 4.98 Å². The molecule has 0 N–H and O–H groups in total. The molecule has 0 spiro atoms. The Morgan fingerprint density at radius 2 is 2.24 bits per heavy atom. The van der Waals surface area contributed by atoms with Gasteiger partial charge in [-0.3, -0.25) is 0 Å². The van der Waals surface area contributed by atoms with Crippen molar-refractivity contribution in [1.29, 1.82) is 0 Å². The van der Waals surface area contributed by atoms with Gasteiger partial charge in [-0.2, -0.15) is 0 Å². The highest BCUT2D eigenvalue weighted by molar-refractivity contribution is 14.1. The Labute approximate surface area is 107 Å². The van der Waals surface area contributed by atoms with Crippen LogP contribution in [0.25, 0.3) is 0 Å². The molecule has 0 atom stereocenters. The van der Waals surface area contributed by atoms with Gasteiger partial charge in [0.15, 0.2) is 6.20 Å². The molecule has 1 aromatic rings. The van der Waals surface area contributed by atoms with Crippen LogP contribution in [-0.4, -0.2) is 23.0 Å². The van der Waals surface area contributed by atoms with E-state index in [1.807, 2.05) is 0 Å². The van der Waals surface area contributed by atoms with Crippen molar-refractivity contribution in [2.24, 2.45) is 0 Å². The number of ether oxygens (including phenoxy) is 1. The third-order valence-electron chi connectivity index (χ3n) is 1.83. The Balaban J connectivity index is 3.60. The Morgan fingerprint density at radius 1 is 1.65 bits per heavy atom. The van der Waals surface area contributed by atoms with Gasteiger partial charge in [-0.25, -0.2) is 13.6 Å². The summed E-state index contributed by atoms with van der Waals surface area (Å²) < 4.78 is 29.9. The number of halogens is 3. The fourth-order valence-corrected chi connectivity index (χ4v) is 1.80. The van der Waals surface area contributed by atoms with Gasteiger partial charge in [0.25, 0.3) is 6.43 Å². The summed E-state index contributed by atoms with van der Waals surface area (Å²) in [5, 5.41) is 10.6. The third-order valence-corrected chi connectivity index (χ3v) is 2.65. The van der Waals surface area contributed by atoms with Crippen LogP contribution in [0.15, 0.2) is 6.20 Å². The molecule has 0 aromatic carbocycles. The molecule has 0 radical (unpaired) electrons. The van der Waals surface area contributed by atoms with Gasteiger partial charge in [0.1, 0.15) is 5.56 Å². The van der Waals surface area contributed by atoms with Crippen LogP contribution in [0.5, 0.6) is 0 Å². The molecular formula is C8H5F2IN2O4. The summed E-state index contributed by atoms with van der Waals surface area (Å²) in [7, 11) is 1.000. The predicted octanol–water partition coefficient (Wildman–Crippen LogP) is 2.32. The highest BCUT2D eigenvalue weighted by atomic mass is 127. The number of aromatic nitrogens is 1. The van der Waals surface area contributed by atoms with Crippen molar-refractivity contribution < 1.29 is 23.2 Å². The number of carbonyl (C=O) groups is 1. The molecule has 0 aliphatic heterocycles. The summed E-state index contributed by atoms with van der Waals surface area (Å²) in [5.74, 6) is -2.10. The fourth-order valence-electron chi connectivity index (χ4n) is 1.15. The molecule has 0 saturated heterocycles. The van der Waals surface area contributed by atoms with Gasteiger partial charge in [0, 0.05) is 0 Å². The van der Waals surface area contributed by atoms with E-state index in [0.29, 0.717) is 0 Å². The molecule has 0 bridgehead atoms. The molecular weight excluding hydrogens is 353 g/mol. The second kappa shape index (κ2) is 5.29. The second-order valence-corrected chi connectivity index (χ2v) is 3.93. The van der Waals surface area contributed by atoms with E-state index in [0.717, 1.165) is 13.3 Å². The lowest BCUT2D eigenvalue weighted by Gasteiger charge is -2.08. The lowest BCUT2D eigenvalue weighted by atomic mass is 10.1. The van der Waals surface area contributed by atoms with E-state index in [1.165, 1.54) is 0 Å². The molecule has 1 heterocycles. The Morgan fingerprint density at radius 3 is 2.65 bits per heavy atom. The highest BCUT2D eigenvalue weighted by Gasteiger charge is 2.32. The van der Waals surface area contributed by atoms with Crippen LogP contribution < -0.4 is 0 Å². The predicted molar refractivity (Wildman–Crippen MR) is 59.9 cm³/mol. The van der Waals surface area contributed by atoms with Crippen LogP contribution >= 0.6 is 22.6 Å². The van der Waals surface area contributed by atoms with E-state index in [1.54, 1.807) is 22.6 Å². The van der Waals surface area contributed by atoms with Crippen LogP contribution in [-0.2, 0) is 4.74 Å². The smallest absolute Gasteiger partial charge is 0.373 e. The maximum absolute atomic E-state index is 12.8. The summed E-state index contributed by atoms with van der Waals surface area (Å²) in [6.45, 7) is 0. The van der Waals surface area contributed by atoms with Crippen LogP contribution in [0.1, 0.15) is 22.3 Å². The number of methoxy groups -OCH3 is 1. The van der Waals surface area contributed by atoms with E-state index in [4.69, 9.17) is 0 Å². The standard InChI is InChI=1S/C8H5F2IN2O4/c1-17-8(14)4-3(11)2-12-7(13(15)16)5(4)6(9)10/h2,6H,1H3. The van der Waals surface area contributed by atoms with Crippen LogP contribution in [0.2, 0.25) is 0 Å². The first kappa shape index (κ1) is 13.7. The largest absolute Gasteiger partial charge is 0.465 e. The maximum Gasteiger partial charge on any atom is 0.373 e. The fraction of sp³-hybridized carbons (Fsp3) is 0.250. The molecule has 92 valence electrons. The number of rotatable bonds is 3. The number of carbonyl (C=O) groups excluding carboxylic acids is 1. The minimum atomic E-state index is -3.19. The average molecular weight is 358 g/mol. The summed E-state index contributed by atoms with van der Waals surface area (Å²) in [6, 6.07) is 0. The SMILES string of the molecule is COC(=O)c1c(I)cnc([N+](=O)[O-])c1C(F)F. The van der Waals surface area contributed by atoms with Gasteiger partial charge in [-0.15, -0.1) is 0 Å². The first-order valence-corrected chi connectivity index (χ1v) is 5.17. The van der Waals surface area contributed by atoms with E-state index in [-0.39, 0.29) is 3.57 Å². The first-order chi connectivity index (χ1) is 7.90. The van der Waals surface area contributed by atoms with Gasteiger partial charge in [0.2, 0.25) is 0 Å². The Bertz CT molecular complexity index is 481. The molecule has 0 unspecified atom stereocenters. The summed E-state index contributed by atoms with van der Waals surface area (Å²) in [6.07, 6.45) is -2.22. The molecule has 1 aromatic heterocycles. The van der Waals surface area contributed by atoms with Crippen molar-refractivity contribution in [3.8, 4) is 0 Å². The van der Waals surface area contributed by atoms with Crippen molar-refractivity contribution in [3.63, 3.8) is 0 Å². The quantitative estimate of drug-likeness (QED) is 0.359.